The van der Waals surface area contributed by atoms with E-state index in [1.165, 1.54) is 5.56 Å². The van der Waals surface area contributed by atoms with E-state index < -0.39 is 0 Å². The highest BCUT2D eigenvalue weighted by Gasteiger charge is 2.07. The Bertz CT molecular complexity index is 473. The van der Waals surface area contributed by atoms with Crippen LogP contribution in [0.4, 0.5) is 0 Å². The normalized spacial score (nSPS) is 12.4. The van der Waals surface area contributed by atoms with Gasteiger partial charge in [0.25, 0.3) is 0 Å². The monoisotopic (exact) mass is 291 g/mol. The van der Waals surface area contributed by atoms with Crippen molar-refractivity contribution in [3.63, 3.8) is 0 Å². The molecule has 4 heteroatoms. The summed E-state index contributed by atoms with van der Waals surface area (Å²) in [6.07, 6.45) is 3.33. The lowest BCUT2D eigenvalue weighted by atomic mass is 10.1. The van der Waals surface area contributed by atoms with Gasteiger partial charge in [0.1, 0.15) is 6.33 Å². The van der Waals surface area contributed by atoms with E-state index >= 15 is 0 Å². The van der Waals surface area contributed by atoms with Crippen molar-refractivity contribution >= 4 is 15.9 Å². The van der Waals surface area contributed by atoms with Crippen LogP contribution in [0.5, 0.6) is 0 Å². The first kappa shape index (κ1) is 12.2. The molecule has 0 fully saturated rings. The van der Waals surface area contributed by atoms with Crippen molar-refractivity contribution in [3.8, 4) is 0 Å². The van der Waals surface area contributed by atoms with E-state index in [0.29, 0.717) is 0 Å². The van der Waals surface area contributed by atoms with E-state index in [0.717, 1.165) is 16.7 Å². The summed E-state index contributed by atoms with van der Waals surface area (Å²) in [5.41, 5.74) is 2.25. The summed E-state index contributed by atoms with van der Waals surface area (Å²) in [5, 5.41) is 3.44. The second-order valence-corrected chi connectivity index (χ2v) is 4.68. The van der Waals surface area contributed by atoms with Gasteiger partial charge in [-0.2, -0.15) is 0 Å². The average Bonchev–Trinajstić information content (AvgIpc) is 2.38. The van der Waals surface area contributed by atoms with E-state index in [4.69, 9.17) is 0 Å². The Labute approximate surface area is 109 Å². The van der Waals surface area contributed by atoms with Crippen LogP contribution in [-0.4, -0.2) is 9.97 Å². The Balaban J connectivity index is 1.99. The van der Waals surface area contributed by atoms with E-state index in [1.54, 1.807) is 12.5 Å². The maximum Gasteiger partial charge on any atom is 0.115 e. The van der Waals surface area contributed by atoms with E-state index in [9.17, 15) is 0 Å². The molecule has 0 saturated carbocycles. The van der Waals surface area contributed by atoms with E-state index in [-0.39, 0.29) is 6.04 Å². The van der Waals surface area contributed by atoms with Gasteiger partial charge < -0.3 is 5.32 Å². The van der Waals surface area contributed by atoms with Gasteiger partial charge in [0.2, 0.25) is 0 Å². The van der Waals surface area contributed by atoms with Crippen molar-refractivity contribution in [2.75, 3.05) is 0 Å². The maximum atomic E-state index is 4.18. The molecule has 1 unspecified atom stereocenters. The molecule has 3 nitrogen and oxygen atoms in total. The highest BCUT2D eigenvalue weighted by atomic mass is 79.9. The molecule has 17 heavy (non-hydrogen) atoms. The zero-order valence-electron chi connectivity index (χ0n) is 9.60. The van der Waals surface area contributed by atoms with Gasteiger partial charge in [-0.3, -0.25) is 0 Å². The van der Waals surface area contributed by atoms with Crippen LogP contribution in [0.2, 0.25) is 0 Å². The fourth-order valence-electron chi connectivity index (χ4n) is 1.62. The topological polar surface area (TPSA) is 37.8 Å². The van der Waals surface area contributed by atoms with Crippen molar-refractivity contribution in [1.82, 2.24) is 15.3 Å². The van der Waals surface area contributed by atoms with Gasteiger partial charge in [-0.15, -0.1) is 0 Å². The number of halogens is 1. The second-order valence-electron chi connectivity index (χ2n) is 3.82. The molecule has 0 bridgehead atoms. The van der Waals surface area contributed by atoms with E-state index in [2.05, 4.69) is 50.3 Å². The quantitative estimate of drug-likeness (QED) is 0.941. The SMILES string of the molecule is CC(NCc1ccncn1)c1ccccc1Br. The molecule has 2 aromatic rings. The second kappa shape index (κ2) is 5.89. The van der Waals surface area contributed by atoms with Crippen molar-refractivity contribution in [1.29, 1.82) is 0 Å². The number of nitrogens with one attached hydrogen (secondary N) is 1. The molecule has 1 atom stereocenters. The first-order chi connectivity index (χ1) is 8.27. The van der Waals surface area contributed by atoms with Gasteiger partial charge in [0, 0.05) is 23.3 Å². The van der Waals surface area contributed by atoms with Crippen molar-refractivity contribution in [3.05, 3.63) is 58.6 Å². The third kappa shape index (κ3) is 3.35. The van der Waals surface area contributed by atoms with Crippen LogP contribution in [0, 0.1) is 0 Å². The molecule has 2 rings (SSSR count). The van der Waals surface area contributed by atoms with Gasteiger partial charge in [0.05, 0.1) is 5.69 Å². The van der Waals surface area contributed by atoms with Crippen LogP contribution in [0.3, 0.4) is 0 Å². The van der Waals surface area contributed by atoms with Crippen molar-refractivity contribution in [2.45, 2.75) is 19.5 Å². The predicted octanol–water partition coefficient (Wildman–Crippen LogP) is 3.09. The third-order valence-corrected chi connectivity index (χ3v) is 3.33. The lowest BCUT2D eigenvalue weighted by molar-refractivity contribution is 0.565. The number of benzene rings is 1. The van der Waals surface area contributed by atoms with Gasteiger partial charge in [-0.1, -0.05) is 34.1 Å². The average molecular weight is 292 g/mol. The number of nitrogens with zero attached hydrogens (tertiary/aromatic N) is 2. The Morgan fingerprint density at radius 2 is 2.12 bits per heavy atom. The Kier molecular flexibility index (Phi) is 4.23. The fourth-order valence-corrected chi connectivity index (χ4v) is 2.24. The molecule has 1 heterocycles. The van der Waals surface area contributed by atoms with Crippen LogP contribution in [0.15, 0.2) is 47.3 Å². The number of aromatic nitrogens is 2. The van der Waals surface area contributed by atoms with Crippen LogP contribution in [0.25, 0.3) is 0 Å². The summed E-state index contributed by atoms with van der Waals surface area (Å²) in [4.78, 5) is 8.08. The molecule has 0 radical (unpaired) electrons. The lowest BCUT2D eigenvalue weighted by Gasteiger charge is -2.15. The molecule has 0 saturated heterocycles. The number of hydrogen-bond acceptors (Lipinski definition) is 3. The largest absolute Gasteiger partial charge is 0.305 e. The zero-order chi connectivity index (χ0) is 12.1. The fraction of sp³-hybridized carbons (Fsp3) is 0.231. The molecule has 0 aliphatic carbocycles. The Morgan fingerprint density at radius 1 is 1.29 bits per heavy atom. The third-order valence-electron chi connectivity index (χ3n) is 2.60. The zero-order valence-corrected chi connectivity index (χ0v) is 11.2. The minimum Gasteiger partial charge on any atom is -0.305 e. The molecule has 0 aliphatic rings. The first-order valence-corrected chi connectivity index (χ1v) is 6.29. The highest BCUT2D eigenvalue weighted by molar-refractivity contribution is 9.10. The van der Waals surface area contributed by atoms with Gasteiger partial charge in [0.15, 0.2) is 0 Å². The molecule has 1 aromatic carbocycles. The summed E-state index contributed by atoms with van der Waals surface area (Å²) < 4.78 is 1.13. The smallest absolute Gasteiger partial charge is 0.115 e. The molecule has 0 aliphatic heterocycles. The Hall–Kier alpha value is -1.26. The van der Waals surface area contributed by atoms with Crippen LogP contribution < -0.4 is 5.32 Å². The summed E-state index contributed by atoms with van der Waals surface area (Å²) in [6, 6.07) is 10.4. The molecular weight excluding hydrogens is 278 g/mol. The summed E-state index contributed by atoms with van der Waals surface area (Å²) in [7, 11) is 0. The van der Waals surface area contributed by atoms with Crippen molar-refractivity contribution in [2.24, 2.45) is 0 Å². The maximum absolute atomic E-state index is 4.18. The summed E-state index contributed by atoms with van der Waals surface area (Å²) in [6.45, 7) is 2.88. The van der Waals surface area contributed by atoms with Gasteiger partial charge in [-0.25, -0.2) is 9.97 Å². The number of rotatable bonds is 4. The molecule has 1 N–H and O–H groups in total. The Morgan fingerprint density at radius 3 is 2.82 bits per heavy atom. The molecular formula is C13H14BrN3. The standard InChI is InChI=1S/C13H14BrN3/c1-10(12-4-2-3-5-13(12)14)16-8-11-6-7-15-9-17-11/h2-7,9-10,16H,8H2,1H3. The van der Waals surface area contributed by atoms with Gasteiger partial charge in [-0.05, 0) is 24.6 Å². The predicted molar refractivity (Wildman–Crippen MR) is 71.4 cm³/mol. The molecule has 0 spiro atoms. The minimum absolute atomic E-state index is 0.278. The molecule has 1 aromatic heterocycles. The minimum atomic E-state index is 0.278. The highest BCUT2D eigenvalue weighted by Crippen LogP contribution is 2.22. The van der Waals surface area contributed by atoms with Crippen LogP contribution in [0.1, 0.15) is 24.2 Å². The van der Waals surface area contributed by atoms with Crippen LogP contribution >= 0.6 is 15.9 Å². The summed E-state index contributed by atoms with van der Waals surface area (Å²) in [5.74, 6) is 0. The first-order valence-electron chi connectivity index (χ1n) is 5.50. The van der Waals surface area contributed by atoms with E-state index in [1.807, 2.05) is 18.2 Å². The van der Waals surface area contributed by atoms with Crippen LogP contribution in [-0.2, 0) is 6.54 Å². The number of hydrogen-bond donors (Lipinski definition) is 1. The van der Waals surface area contributed by atoms with Crippen molar-refractivity contribution < 1.29 is 0 Å². The van der Waals surface area contributed by atoms with Gasteiger partial charge >= 0.3 is 0 Å². The molecule has 88 valence electrons. The molecule has 0 amide bonds. The lowest BCUT2D eigenvalue weighted by Crippen LogP contribution is -2.19. The summed E-state index contributed by atoms with van der Waals surface area (Å²) >= 11 is 3.56.